The number of nitrogens with zero attached hydrogens (tertiary/aromatic N) is 1. The summed E-state index contributed by atoms with van der Waals surface area (Å²) in [4.78, 5) is 55.1. The van der Waals surface area contributed by atoms with Gasteiger partial charge in [-0.2, -0.15) is 0 Å². The zero-order chi connectivity index (χ0) is 42.8. The monoisotopic (exact) mass is 827 g/mol. The Kier molecular flexibility index (Phi) is 12.0. The number of likely N-dealkylation sites (N-methyl/N-ethyl adjacent to an activating group) is 1. The van der Waals surface area contributed by atoms with Crippen molar-refractivity contribution < 1.29 is 77.9 Å². The maximum Gasteiger partial charge on any atom is 0.316 e. The number of esters is 1. The number of hydrogen-bond acceptors (Lipinski definition) is 17. The van der Waals surface area contributed by atoms with Gasteiger partial charge in [-0.3, -0.25) is 19.2 Å². The third-order valence-electron chi connectivity index (χ3n) is 12.5. The number of ether oxygens (including phenoxy) is 7. The minimum Gasteiger partial charge on any atom is -0.508 e. The zero-order valence-electron chi connectivity index (χ0n) is 34.1. The van der Waals surface area contributed by atoms with E-state index in [9.17, 15) is 44.7 Å². The van der Waals surface area contributed by atoms with E-state index in [0.717, 1.165) is 19.2 Å². The molecule has 13 unspecified atom stereocenters. The third kappa shape index (κ3) is 7.77. The smallest absolute Gasteiger partial charge is 0.316 e. The fourth-order valence-electron chi connectivity index (χ4n) is 9.33. The topological polar surface area (TPSA) is 237 Å². The minimum absolute atomic E-state index is 0.000624. The quantitative estimate of drug-likeness (QED) is 0.195. The van der Waals surface area contributed by atoms with Crippen molar-refractivity contribution in [3.63, 3.8) is 0 Å². The fourth-order valence-corrected chi connectivity index (χ4v) is 9.33. The van der Waals surface area contributed by atoms with Gasteiger partial charge in [0, 0.05) is 60.9 Å². The first-order chi connectivity index (χ1) is 27.9. The summed E-state index contributed by atoms with van der Waals surface area (Å²) in [6, 6.07) is 2.86. The van der Waals surface area contributed by atoms with Crippen LogP contribution in [-0.4, -0.2) is 142 Å². The number of Topliss-reactive ketones (excluding diaryl/α,β-unsaturated/α-hetero) is 1. The fraction of sp³-hybridized carbons (Fsp3) is 0.619. The van der Waals surface area contributed by atoms with Crippen LogP contribution in [0.1, 0.15) is 121 Å². The van der Waals surface area contributed by atoms with Gasteiger partial charge in [-0.25, -0.2) is 0 Å². The molecule has 5 aliphatic rings. The molecule has 3 saturated heterocycles. The number of phenolic OH excluding ortho intramolecular Hbond substituents is 3. The Hall–Kier alpha value is -4.04. The normalized spacial score (nSPS) is 35.9. The molecule has 17 nitrogen and oxygen atoms in total. The van der Waals surface area contributed by atoms with Crippen molar-refractivity contribution in [3.05, 3.63) is 51.6 Å². The zero-order valence-corrected chi connectivity index (χ0v) is 34.1. The molecule has 3 aliphatic heterocycles. The summed E-state index contributed by atoms with van der Waals surface area (Å²) >= 11 is 0. The summed E-state index contributed by atoms with van der Waals surface area (Å²) in [7, 11) is 4.86. The van der Waals surface area contributed by atoms with E-state index < -0.39 is 119 Å². The highest BCUT2D eigenvalue weighted by Gasteiger charge is 2.54. The van der Waals surface area contributed by atoms with Crippen molar-refractivity contribution in [3.8, 4) is 17.2 Å². The molecular formula is C42H53NO16. The van der Waals surface area contributed by atoms with E-state index in [1.165, 1.54) is 6.07 Å². The molecular weight excluding hydrogens is 774 g/mol. The van der Waals surface area contributed by atoms with E-state index in [1.807, 2.05) is 19.0 Å². The van der Waals surface area contributed by atoms with Crippen LogP contribution in [0, 0.1) is 0 Å². The number of methoxy groups -OCH3 is 1. The van der Waals surface area contributed by atoms with Gasteiger partial charge in [0.05, 0.1) is 48.3 Å². The van der Waals surface area contributed by atoms with Crippen molar-refractivity contribution in [1.29, 1.82) is 0 Å². The van der Waals surface area contributed by atoms with E-state index in [1.54, 1.807) is 27.7 Å². The van der Waals surface area contributed by atoms with Gasteiger partial charge in [-0.05, 0) is 59.0 Å². The molecule has 0 amide bonds. The number of phenols is 3. The van der Waals surface area contributed by atoms with Crippen LogP contribution < -0.4 is 0 Å². The first-order valence-electron chi connectivity index (χ1n) is 20.0. The van der Waals surface area contributed by atoms with Gasteiger partial charge in [0.1, 0.15) is 41.5 Å². The molecule has 3 heterocycles. The lowest BCUT2D eigenvalue weighted by molar-refractivity contribution is -0.324. The number of aromatic hydroxyl groups is 3. The Morgan fingerprint density at radius 3 is 2.14 bits per heavy atom. The van der Waals surface area contributed by atoms with E-state index in [4.69, 9.17) is 33.2 Å². The van der Waals surface area contributed by atoms with Crippen LogP contribution in [0.3, 0.4) is 0 Å². The van der Waals surface area contributed by atoms with Crippen LogP contribution in [0.5, 0.6) is 17.2 Å². The average molecular weight is 828 g/mol. The van der Waals surface area contributed by atoms with Gasteiger partial charge >= 0.3 is 5.97 Å². The Morgan fingerprint density at radius 1 is 0.864 bits per heavy atom. The highest BCUT2D eigenvalue weighted by molar-refractivity contribution is 6.30. The summed E-state index contributed by atoms with van der Waals surface area (Å²) in [5.41, 5.74) is -3.22. The van der Waals surface area contributed by atoms with Crippen LogP contribution in [0.4, 0.5) is 0 Å². The molecule has 0 aromatic heterocycles. The summed E-state index contributed by atoms with van der Waals surface area (Å²) in [6.45, 7) is 6.90. The van der Waals surface area contributed by atoms with Crippen molar-refractivity contribution in [1.82, 2.24) is 4.90 Å². The lowest BCUT2D eigenvalue weighted by Crippen LogP contribution is -2.58. The van der Waals surface area contributed by atoms with Gasteiger partial charge in [-0.15, -0.1) is 0 Å². The molecule has 17 heteroatoms. The molecule has 322 valence electrons. The SMILES string of the molecule is CCC1(O)CC(OC2CC(N(C)C)C(OC3CC(O)C(OC4CCC(=O)C(C)O4)C(C)O3)C(C)O2)c2c(cc3c(c2O)C(=O)c2c(O)cc(O)cc2C3=O)C1C(=O)OC. The number of benzene rings is 2. The van der Waals surface area contributed by atoms with Gasteiger partial charge in [-0.1, -0.05) is 6.92 Å². The first-order valence-corrected chi connectivity index (χ1v) is 20.0. The van der Waals surface area contributed by atoms with Gasteiger partial charge in [0.25, 0.3) is 0 Å². The number of ketones is 3. The molecule has 0 bridgehead atoms. The largest absolute Gasteiger partial charge is 0.508 e. The van der Waals surface area contributed by atoms with Crippen LogP contribution >= 0.6 is 0 Å². The predicted molar refractivity (Wildman–Crippen MR) is 203 cm³/mol. The highest BCUT2D eigenvalue weighted by Crippen LogP contribution is 2.54. The Balaban J connectivity index is 1.14. The minimum atomic E-state index is -1.80. The van der Waals surface area contributed by atoms with Crippen LogP contribution in [0.15, 0.2) is 18.2 Å². The summed E-state index contributed by atoms with van der Waals surface area (Å²) in [6.07, 6.45) is -6.94. The van der Waals surface area contributed by atoms with E-state index in [-0.39, 0.29) is 59.8 Å². The number of aliphatic hydroxyl groups excluding tert-OH is 1. The van der Waals surface area contributed by atoms with E-state index >= 15 is 0 Å². The molecule has 3 fully saturated rings. The second kappa shape index (κ2) is 16.4. The molecule has 7 rings (SSSR count). The molecule has 0 saturated carbocycles. The molecule has 59 heavy (non-hydrogen) atoms. The average Bonchev–Trinajstić information content (AvgIpc) is 3.16. The number of carbonyl (C=O) groups is 4. The number of fused-ring (bicyclic) bond motifs is 3. The lowest BCUT2D eigenvalue weighted by Gasteiger charge is -2.48. The van der Waals surface area contributed by atoms with Gasteiger partial charge < -0.3 is 63.6 Å². The number of aliphatic hydroxyl groups is 2. The Morgan fingerprint density at radius 2 is 1.51 bits per heavy atom. The Bertz CT molecular complexity index is 1990. The molecule has 2 aromatic rings. The van der Waals surface area contributed by atoms with Crippen molar-refractivity contribution >= 4 is 23.3 Å². The van der Waals surface area contributed by atoms with Crippen LogP contribution in [-0.2, 0) is 42.7 Å². The first kappa shape index (κ1) is 43.1. The third-order valence-corrected chi connectivity index (χ3v) is 12.5. The summed E-state index contributed by atoms with van der Waals surface area (Å²) in [5, 5.41) is 56.0. The highest BCUT2D eigenvalue weighted by atomic mass is 16.7. The summed E-state index contributed by atoms with van der Waals surface area (Å²) < 4.78 is 42.6. The Labute approximate surface area is 341 Å². The lowest BCUT2D eigenvalue weighted by atomic mass is 9.67. The maximum absolute atomic E-state index is 13.9. The molecule has 0 spiro atoms. The molecule has 5 N–H and O–H groups in total. The molecule has 0 radical (unpaired) electrons. The molecule has 2 aromatic carbocycles. The predicted octanol–water partition coefficient (Wildman–Crippen LogP) is 2.86. The molecule has 2 aliphatic carbocycles. The second-order valence-electron chi connectivity index (χ2n) is 16.5. The van der Waals surface area contributed by atoms with Crippen LogP contribution in [0.25, 0.3) is 0 Å². The maximum atomic E-state index is 13.9. The van der Waals surface area contributed by atoms with Crippen molar-refractivity contribution in [2.75, 3.05) is 21.2 Å². The van der Waals surface area contributed by atoms with Crippen molar-refractivity contribution in [2.45, 2.75) is 145 Å². The van der Waals surface area contributed by atoms with E-state index in [0.29, 0.717) is 12.8 Å². The molecule has 13 atom stereocenters. The van der Waals surface area contributed by atoms with E-state index in [2.05, 4.69) is 0 Å². The number of hydrogen-bond donors (Lipinski definition) is 5. The second-order valence-corrected chi connectivity index (χ2v) is 16.5. The van der Waals surface area contributed by atoms with Gasteiger partial charge in [0.2, 0.25) is 5.78 Å². The van der Waals surface area contributed by atoms with Gasteiger partial charge in [0.15, 0.2) is 30.4 Å². The number of carbonyl (C=O) groups excluding carboxylic acids is 4. The van der Waals surface area contributed by atoms with Crippen molar-refractivity contribution in [2.24, 2.45) is 0 Å². The number of rotatable bonds is 9. The summed E-state index contributed by atoms with van der Waals surface area (Å²) in [5.74, 6) is -5.71. The standard InChI is InChI=1S/C42H53NO16/c1-8-42(52)16-28(33-21(35(42)41(51)53-7)13-23-34(38(33)50)37(49)32-22(36(23)48)11-20(44)12-26(32)46)57-30-14-24(43(5)6)39(18(3)55-30)59-31-15-27(47)40(19(4)56-31)58-29-10-9-25(45)17(2)54-29/h11-13,17-19,24,27-31,35,39-40,44,46-47,50,52H,8-10,14-16H2,1-7H3. The van der Waals surface area contributed by atoms with Crippen LogP contribution in [0.2, 0.25) is 0 Å².